The lowest BCUT2D eigenvalue weighted by atomic mass is 9.87. The highest BCUT2D eigenvalue weighted by atomic mass is 32.2. The SMILES string of the molecule is CCCN1N=C2/C(=C\c3ccccc3)C[S+]([O-])CC2C1c1ccccc1. The van der Waals surface area contributed by atoms with Crippen LogP contribution in [0.25, 0.3) is 6.08 Å². The third-order valence-corrected chi connectivity index (χ3v) is 6.40. The van der Waals surface area contributed by atoms with Crippen molar-refractivity contribution >= 4 is 23.0 Å². The van der Waals surface area contributed by atoms with Gasteiger partial charge in [-0.25, -0.2) is 0 Å². The number of hydrogen-bond donors (Lipinski definition) is 0. The minimum Gasteiger partial charge on any atom is -0.616 e. The van der Waals surface area contributed by atoms with Gasteiger partial charge < -0.3 is 4.55 Å². The summed E-state index contributed by atoms with van der Waals surface area (Å²) >= 11 is -0.844. The van der Waals surface area contributed by atoms with Crippen LogP contribution in [0.4, 0.5) is 0 Å². The Morgan fingerprint density at radius 1 is 1.12 bits per heavy atom. The van der Waals surface area contributed by atoms with Crippen LogP contribution in [0.1, 0.15) is 30.5 Å². The molecule has 2 aliphatic rings. The van der Waals surface area contributed by atoms with Crippen molar-refractivity contribution in [1.29, 1.82) is 0 Å². The summed E-state index contributed by atoms with van der Waals surface area (Å²) in [7, 11) is 0. The van der Waals surface area contributed by atoms with Crippen LogP contribution in [-0.2, 0) is 11.2 Å². The van der Waals surface area contributed by atoms with Crippen LogP contribution in [0.15, 0.2) is 71.3 Å². The van der Waals surface area contributed by atoms with Crippen molar-refractivity contribution in [3.8, 4) is 0 Å². The zero-order chi connectivity index (χ0) is 17.9. The van der Waals surface area contributed by atoms with E-state index in [-0.39, 0.29) is 12.0 Å². The van der Waals surface area contributed by atoms with Gasteiger partial charge in [0, 0.05) is 12.1 Å². The van der Waals surface area contributed by atoms with E-state index in [1.807, 2.05) is 24.3 Å². The highest BCUT2D eigenvalue weighted by molar-refractivity contribution is 7.91. The number of rotatable bonds is 4. The van der Waals surface area contributed by atoms with Crippen LogP contribution in [0.2, 0.25) is 0 Å². The Morgan fingerprint density at radius 3 is 2.50 bits per heavy atom. The molecule has 3 atom stereocenters. The molecule has 1 fully saturated rings. The van der Waals surface area contributed by atoms with Crippen molar-refractivity contribution in [2.75, 3.05) is 18.1 Å². The summed E-state index contributed by atoms with van der Waals surface area (Å²) in [4.78, 5) is 0. The summed E-state index contributed by atoms with van der Waals surface area (Å²) < 4.78 is 12.6. The lowest BCUT2D eigenvalue weighted by Crippen LogP contribution is -2.37. The molecule has 1 saturated heterocycles. The van der Waals surface area contributed by atoms with Gasteiger partial charge in [0.05, 0.1) is 17.7 Å². The average Bonchev–Trinajstić information content (AvgIpc) is 3.02. The molecule has 0 radical (unpaired) electrons. The van der Waals surface area contributed by atoms with Gasteiger partial charge in [-0.2, -0.15) is 5.10 Å². The second-order valence-corrected chi connectivity index (χ2v) is 8.44. The fraction of sp³-hybridized carbons (Fsp3) is 0.318. The van der Waals surface area contributed by atoms with Crippen molar-refractivity contribution in [3.63, 3.8) is 0 Å². The molecule has 2 aliphatic heterocycles. The fourth-order valence-electron chi connectivity index (χ4n) is 3.95. The van der Waals surface area contributed by atoms with Gasteiger partial charge in [-0.1, -0.05) is 67.6 Å². The first-order valence-corrected chi connectivity index (χ1v) is 10.8. The molecule has 3 unspecified atom stereocenters. The third-order valence-electron chi connectivity index (χ3n) is 5.03. The van der Waals surface area contributed by atoms with Gasteiger partial charge in [-0.15, -0.1) is 0 Å². The van der Waals surface area contributed by atoms with E-state index in [0.29, 0.717) is 11.5 Å². The maximum absolute atomic E-state index is 12.6. The van der Waals surface area contributed by atoms with E-state index in [1.165, 1.54) is 5.56 Å². The Hall–Kier alpha value is -2.04. The molecule has 0 N–H and O–H groups in total. The lowest BCUT2D eigenvalue weighted by molar-refractivity contribution is 0.209. The van der Waals surface area contributed by atoms with Gasteiger partial charge in [0.15, 0.2) is 0 Å². The summed E-state index contributed by atoms with van der Waals surface area (Å²) in [5.41, 5.74) is 4.68. The summed E-state index contributed by atoms with van der Waals surface area (Å²) in [5.74, 6) is 1.50. The molecule has 2 heterocycles. The summed E-state index contributed by atoms with van der Waals surface area (Å²) in [6.07, 6.45) is 3.22. The quantitative estimate of drug-likeness (QED) is 0.760. The monoisotopic (exact) mass is 364 g/mol. The molecule has 0 saturated carbocycles. The fourth-order valence-corrected chi connectivity index (χ4v) is 5.39. The maximum atomic E-state index is 12.6. The summed E-state index contributed by atoms with van der Waals surface area (Å²) in [5, 5.41) is 7.24. The molecule has 3 nitrogen and oxygen atoms in total. The van der Waals surface area contributed by atoms with Crippen LogP contribution in [0.3, 0.4) is 0 Å². The van der Waals surface area contributed by atoms with Gasteiger partial charge in [0.2, 0.25) is 0 Å². The van der Waals surface area contributed by atoms with Crippen molar-refractivity contribution in [3.05, 3.63) is 77.4 Å². The Bertz CT molecular complexity index is 803. The highest BCUT2D eigenvalue weighted by Crippen LogP contribution is 2.41. The molecular formula is C22H24N2OS. The molecule has 134 valence electrons. The van der Waals surface area contributed by atoms with Crippen molar-refractivity contribution in [2.45, 2.75) is 19.4 Å². The van der Waals surface area contributed by atoms with E-state index in [2.05, 4.69) is 54.4 Å². The number of fused-ring (bicyclic) bond motifs is 1. The molecule has 4 heteroatoms. The van der Waals surface area contributed by atoms with Gasteiger partial charge in [-0.05, 0) is 34.8 Å². The predicted molar refractivity (Wildman–Crippen MR) is 109 cm³/mol. The molecule has 2 aromatic rings. The molecule has 0 aromatic heterocycles. The lowest BCUT2D eigenvalue weighted by Gasteiger charge is -2.31. The molecule has 4 rings (SSSR count). The highest BCUT2D eigenvalue weighted by Gasteiger charge is 2.45. The van der Waals surface area contributed by atoms with Crippen molar-refractivity contribution in [2.24, 2.45) is 11.0 Å². The van der Waals surface area contributed by atoms with Crippen molar-refractivity contribution < 1.29 is 4.55 Å². The number of nitrogens with zero attached hydrogens (tertiary/aromatic N) is 2. The molecule has 0 bridgehead atoms. The first-order chi connectivity index (χ1) is 12.8. The third kappa shape index (κ3) is 3.44. The largest absolute Gasteiger partial charge is 0.616 e. The van der Waals surface area contributed by atoms with E-state index in [9.17, 15) is 4.55 Å². The van der Waals surface area contributed by atoms with Crippen LogP contribution in [0, 0.1) is 5.92 Å². The number of benzene rings is 2. The Labute approximate surface area is 158 Å². The minimum atomic E-state index is -0.844. The van der Waals surface area contributed by atoms with E-state index in [4.69, 9.17) is 5.10 Å². The first kappa shape index (κ1) is 17.4. The Kier molecular flexibility index (Phi) is 5.14. The van der Waals surface area contributed by atoms with Crippen molar-refractivity contribution in [1.82, 2.24) is 5.01 Å². The Morgan fingerprint density at radius 2 is 1.81 bits per heavy atom. The van der Waals surface area contributed by atoms with Gasteiger partial charge in [0.1, 0.15) is 11.5 Å². The molecular weight excluding hydrogens is 340 g/mol. The van der Waals surface area contributed by atoms with Crippen LogP contribution < -0.4 is 0 Å². The van der Waals surface area contributed by atoms with Gasteiger partial charge >= 0.3 is 0 Å². The second-order valence-electron chi connectivity index (χ2n) is 6.94. The molecule has 26 heavy (non-hydrogen) atoms. The summed E-state index contributed by atoms with van der Waals surface area (Å²) in [6.45, 7) is 3.11. The molecule has 0 amide bonds. The summed E-state index contributed by atoms with van der Waals surface area (Å²) in [6, 6.07) is 21.0. The average molecular weight is 365 g/mol. The normalized spacial score (nSPS) is 26.7. The van der Waals surface area contributed by atoms with E-state index >= 15 is 0 Å². The topological polar surface area (TPSA) is 38.7 Å². The smallest absolute Gasteiger partial charge is 0.132 e. The van der Waals surface area contributed by atoms with E-state index in [0.717, 1.165) is 29.8 Å². The van der Waals surface area contributed by atoms with E-state index < -0.39 is 11.2 Å². The van der Waals surface area contributed by atoms with Gasteiger partial charge in [0.25, 0.3) is 0 Å². The van der Waals surface area contributed by atoms with E-state index in [1.54, 1.807) is 0 Å². The standard InChI is InChI=1S/C22H24N2OS/c1-2-13-24-22(18-11-7-4-8-12-18)20-16-26(25)15-19(21(20)23-24)14-17-9-5-3-6-10-17/h3-12,14,20,22H,2,13,15-16H2,1H3/b19-14-. The number of hydrogen-bond acceptors (Lipinski definition) is 3. The predicted octanol–water partition coefficient (Wildman–Crippen LogP) is 4.27. The van der Waals surface area contributed by atoms with Crippen LogP contribution >= 0.6 is 0 Å². The first-order valence-electron chi connectivity index (χ1n) is 9.27. The van der Waals surface area contributed by atoms with Gasteiger partial charge in [-0.3, -0.25) is 5.01 Å². The zero-order valence-electron chi connectivity index (χ0n) is 15.0. The van der Waals surface area contributed by atoms with Crippen LogP contribution in [-0.4, -0.2) is 33.3 Å². The van der Waals surface area contributed by atoms with Crippen LogP contribution in [0.5, 0.6) is 0 Å². The molecule has 0 aliphatic carbocycles. The molecule has 2 aromatic carbocycles. The minimum absolute atomic E-state index is 0.189. The second kappa shape index (κ2) is 7.68. The Balaban J connectivity index is 1.73. The zero-order valence-corrected chi connectivity index (χ0v) is 15.9. The maximum Gasteiger partial charge on any atom is 0.132 e. The number of hydrazone groups is 1. The molecule has 0 spiro atoms.